The monoisotopic (exact) mass is 315 g/mol. The van der Waals surface area contributed by atoms with Gasteiger partial charge in [0, 0.05) is 11.8 Å². The van der Waals surface area contributed by atoms with Crippen molar-refractivity contribution in [3.63, 3.8) is 0 Å². The summed E-state index contributed by atoms with van der Waals surface area (Å²) in [5.74, 6) is 0. The molecule has 4 nitrogen and oxygen atoms in total. The maximum atomic E-state index is 9.65. The molecule has 1 aromatic heterocycles. The van der Waals surface area contributed by atoms with E-state index in [1.165, 1.54) is 0 Å². The van der Waals surface area contributed by atoms with E-state index in [1.807, 2.05) is 47.1 Å². The molecule has 0 aliphatic heterocycles. The first-order valence-corrected chi connectivity index (χ1v) is 7.93. The molecule has 1 heterocycles. The lowest BCUT2D eigenvalue weighted by atomic mass is 10.1. The van der Waals surface area contributed by atoms with Crippen molar-refractivity contribution in [2.24, 2.45) is 0 Å². The Morgan fingerprint density at radius 3 is 2.42 bits per heavy atom. The summed E-state index contributed by atoms with van der Waals surface area (Å²) in [7, 11) is 0. The van der Waals surface area contributed by atoms with Gasteiger partial charge >= 0.3 is 0 Å². The number of fused-ring (bicyclic) bond motifs is 1. The first-order chi connectivity index (χ1) is 11.9. The first kappa shape index (κ1) is 14.6. The van der Waals surface area contributed by atoms with Gasteiger partial charge in [-0.05, 0) is 17.0 Å². The maximum Gasteiger partial charge on any atom is 0.112 e. The van der Waals surface area contributed by atoms with Crippen molar-refractivity contribution in [3.8, 4) is 5.69 Å². The molecule has 0 unspecified atom stereocenters. The molecule has 0 bridgehead atoms. The van der Waals surface area contributed by atoms with Gasteiger partial charge in [0.15, 0.2) is 0 Å². The van der Waals surface area contributed by atoms with E-state index >= 15 is 0 Å². The fraction of sp³-hybridized carbons (Fsp3) is 0.100. The minimum atomic E-state index is -0.118. The topological polar surface area (TPSA) is 50.9 Å². The third-order valence-corrected chi connectivity index (χ3v) is 4.20. The van der Waals surface area contributed by atoms with Crippen molar-refractivity contribution < 1.29 is 5.11 Å². The van der Waals surface area contributed by atoms with E-state index in [1.54, 1.807) is 0 Å². The summed E-state index contributed by atoms with van der Waals surface area (Å²) >= 11 is 0. The highest BCUT2D eigenvalue weighted by atomic mass is 16.3. The molecule has 0 aliphatic carbocycles. The molecule has 4 aromatic rings. The summed E-state index contributed by atoms with van der Waals surface area (Å²) in [5, 5.41) is 20.4. The zero-order chi connectivity index (χ0) is 16.4. The summed E-state index contributed by atoms with van der Waals surface area (Å²) in [4.78, 5) is 0. The van der Waals surface area contributed by atoms with E-state index in [0.717, 1.165) is 27.7 Å². The Labute approximate surface area is 140 Å². The number of aromatic nitrogens is 3. The molecular formula is C20H17N3O. The van der Waals surface area contributed by atoms with Crippen LogP contribution in [0.15, 0.2) is 72.8 Å². The van der Waals surface area contributed by atoms with Crippen LogP contribution in [-0.4, -0.2) is 20.1 Å². The third-order valence-electron chi connectivity index (χ3n) is 4.20. The van der Waals surface area contributed by atoms with Crippen LogP contribution in [0.25, 0.3) is 16.5 Å². The predicted octanol–water partition coefficient (Wildman–Crippen LogP) is 3.50. The molecule has 4 heteroatoms. The van der Waals surface area contributed by atoms with Gasteiger partial charge in [0.25, 0.3) is 0 Å². The van der Waals surface area contributed by atoms with Crippen molar-refractivity contribution >= 4 is 10.8 Å². The van der Waals surface area contributed by atoms with Crippen molar-refractivity contribution in [3.05, 3.63) is 89.7 Å². The Bertz CT molecular complexity index is 971. The van der Waals surface area contributed by atoms with Gasteiger partial charge < -0.3 is 5.11 Å². The molecule has 4 rings (SSSR count). The fourth-order valence-electron chi connectivity index (χ4n) is 3.01. The van der Waals surface area contributed by atoms with E-state index in [0.29, 0.717) is 12.1 Å². The normalized spacial score (nSPS) is 11.0. The van der Waals surface area contributed by atoms with Crippen LogP contribution in [0.1, 0.15) is 17.0 Å². The molecule has 0 radical (unpaired) electrons. The van der Waals surface area contributed by atoms with Crippen LogP contribution in [0.5, 0.6) is 0 Å². The Balaban J connectivity index is 1.88. The lowest BCUT2D eigenvalue weighted by Crippen LogP contribution is -2.05. The van der Waals surface area contributed by atoms with E-state index in [2.05, 4.69) is 40.6 Å². The standard InChI is InChI=1S/C20H17N3O/c24-14-18-20(13-15-7-2-1-3-8-15)23(22-21-18)19-12-6-10-16-9-4-5-11-17(16)19/h1-12,24H,13-14H2. The number of aliphatic hydroxyl groups is 1. The van der Waals surface area contributed by atoms with Crippen LogP contribution in [0, 0.1) is 0 Å². The summed E-state index contributed by atoms with van der Waals surface area (Å²) in [6.45, 7) is -0.118. The van der Waals surface area contributed by atoms with Crippen molar-refractivity contribution in [2.45, 2.75) is 13.0 Å². The van der Waals surface area contributed by atoms with Gasteiger partial charge in [-0.25, -0.2) is 4.68 Å². The minimum absolute atomic E-state index is 0.118. The van der Waals surface area contributed by atoms with Crippen molar-refractivity contribution in [2.75, 3.05) is 0 Å². The smallest absolute Gasteiger partial charge is 0.112 e. The fourth-order valence-corrected chi connectivity index (χ4v) is 3.01. The lowest BCUT2D eigenvalue weighted by molar-refractivity contribution is 0.275. The van der Waals surface area contributed by atoms with Gasteiger partial charge in [-0.2, -0.15) is 0 Å². The molecule has 0 aliphatic rings. The van der Waals surface area contributed by atoms with Gasteiger partial charge in [-0.15, -0.1) is 5.10 Å². The van der Waals surface area contributed by atoms with Crippen molar-refractivity contribution in [1.82, 2.24) is 15.0 Å². The molecule has 0 atom stereocenters. The molecule has 0 spiro atoms. The summed E-state index contributed by atoms with van der Waals surface area (Å²) in [6, 6.07) is 24.5. The molecule has 118 valence electrons. The number of nitrogens with zero attached hydrogens (tertiary/aromatic N) is 3. The van der Waals surface area contributed by atoms with Gasteiger partial charge in [-0.3, -0.25) is 0 Å². The Morgan fingerprint density at radius 2 is 1.58 bits per heavy atom. The number of hydrogen-bond acceptors (Lipinski definition) is 3. The van der Waals surface area contributed by atoms with E-state index < -0.39 is 0 Å². The summed E-state index contributed by atoms with van der Waals surface area (Å²) in [6.07, 6.45) is 0.674. The molecule has 1 N–H and O–H groups in total. The van der Waals surface area contributed by atoms with Gasteiger partial charge in [0.2, 0.25) is 0 Å². The minimum Gasteiger partial charge on any atom is -0.390 e. The van der Waals surface area contributed by atoms with Gasteiger partial charge in [-0.1, -0.05) is 71.9 Å². The predicted molar refractivity (Wildman–Crippen MR) is 94.0 cm³/mol. The number of hydrogen-bond donors (Lipinski definition) is 1. The Kier molecular flexibility index (Phi) is 3.81. The zero-order valence-corrected chi connectivity index (χ0v) is 13.1. The third kappa shape index (κ3) is 2.57. The SMILES string of the molecule is OCc1nnn(-c2cccc3ccccc23)c1Cc1ccccc1. The molecule has 0 saturated carbocycles. The highest BCUT2D eigenvalue weighted by Gasteiger charge is 2.15. The highest BCUT2D eigenvalue weighted by molar-refractivity contribution is 5.90. The van der Waals surface area contributed by atoms with E-state index in [4.69, 9.17) is 0 Å². The van der Waals surface area contributed by atoms with Gasteiger partial charge in [0.1, 0.15) is 5.69 Å². The lowest BCUT2D eigenvalue weighted by Gasteiger charge is -2.10. The largest absolute Gasteiger partial charge is 0.390 e. The van der Waals surface area contributed by atoms with Crippen molar-refractivity contribution in [1.29, 1.82) is 0 Å². The molecule has 3 aromatic carbocycles. The van der Waals surface area contributed by atoms with Crippen LogP contribution in [0.2, 0.25) is 0 Å². The number of rotatable bonds is 4. The molecule has 24 heavy (non-hydrogen) atoms. The second-order valence-electron chi connectivity index (χ2n) is 5.71. The van der Waals surface area contributed by atoms with Crippen LogP contribution in [0.4, 0.5) is 0 Å². The highest BCUT2D eigenvalue weighted by Crippen LogP contribution is 2.24. The Hall–Kier alpha value is -2.98. The van der Waals surface area contributed by atoms with Crippen LogP contribution >= 0.6 is 0 Å². The molecule has 0 saturated heterocycles. The summed E-state index contributed by atoms with van der Waals surface area (Å²) in [5.41, 5.74) is 3.68. The number of aliphatic hydroxyl groups excluding tert-OH is 1. The van der Waals surface area contributed by atoms with Crippen LogP contribution in [0.3, 0.4) is 0 Å². The van der Waals surface area contributed by atoms with E-state index in [-0.39, 0.29) is 6.61 Å². The molecular weight excluding hydrogens is 298 g/mol. The molecule has 0 amide bonds. The second-order valence-corrected chi connectivity index (χ2v) is 5.71. The van der Waals surface area contributed by atoms with Crippen LogP contribution in [-0.2, 0) is 13.0 Å². The van der Waals surface area contributed by atoms with E-state index in [9.17, 15) is 5.11 Å². The summed E-state index contributed by atoms with van der Waals surface area (Å²) < 4.78 is 1.85. The average molecular weight is 315 g/mol. The zero-order valence-electron chi connectivity index (χ0n) is 13.1. The average Bonchev–Trinajstić information content (AvgIpc) is 3.04. The first-order valence-electron chi connectivity index (χ1n) is 7.93. The van der Waals surface area contributed by atoms with Gasteiger partial charge in [0.05, 0.1) is 18.0 Å². The molecule has 0 fully saturated rings. The maximum absolute atomic E-state index is 9.65. The second kappa shape index (κ2) is 6.26. The Morgan fingerprint density at radius 1 is 0.833 bits per heavy atom. The quantitative estimate of drug-likeness (QED) is 0.627. The van der Waals surface area contributed by atoms with Crippen LogP contribution < -0.4 is 0 Å². The number of benzene rings is 3.